The van der Waals surface area contributed by atoms with E-state index in [1.807, 2.05) is 101 Å². The molecule has 4 rings (SSSR count). The van der Waals surface area contributed by atoms with Crippen molar-refractivity contribution >= 4 is 5.97 Å². The highest BCUT2D eigenvalue weighted by Crippen LogP contribution is 2.37. The number of hydrogen-bond acceptors (Lipinski definition) is 15. The van der Waals surface area contributed by atoms with Gasteiger partial charge in [0.2, 0.25) is 0 Å². The van der Waals surface area contributed by atoms with E-state index in [0.717, 1.165) is 22.4 Å². The van der Waals surface area contributed by atoms with Crippen LogP contribution >= 0.6 is 0 Å². The lowest BCUT2D eigenvalue weighted by Gasteiger charge is -2.46. The Balaban J connectivity index is 1.47. The van der Waals surface area contributed by atoms with Crippen molar-refractivity contribution in [3.8, 4) is 11.1 Å². The highest BCUT2D eigenvalue weighted by atomic mass is 19.1. The summed E-state index contributed by atoms with van der Waals surface area (Å²) in [5.41, 5.74) is 3.92. The predicted octanol–water partition coefficient (Wildman–Crippen LogP) is 4.76. The number of ether oxygens (including phenoxy) is 4. The largest absolute Gasteiger partial charge is 0.459 e. The molecule has 368 valence electrons. The number of nitrogens with one attached hydrogen (secondary N) is 2. The van der Waals surface area contributed by atoms with Crippen molar-refractivity contribution in [2.75, 3.05) is 41.0 Å². The number of pyridine rings is 1. The molecule has 0 unspecified atom stereocenters. The first-order chi connectivity index (χ1) is 30.6. The van der Waals surface area contributed by atoms with Gasteiger partial charge in [-0.1, -0.05) is 58.0 Å². The number of carbonyl (C=O) groups is 1. The standard InChI is InChI=1S/C49H81FN6O9/c1-13-41-49(9,61)44(58)34(7)56(11)28-29(2)24-48(8,60)45(30(3)22-31(4)46(59)64-41)65-47-42(57)40(23-33(6)63-47)55(10)21-20-38(54-51)27-53-39(25-50)43(62-12)36-18-16-35(17-19-36)37-15-14-32(5)52-26-37/h14-19,26-27,29-31,33-34,39-45,47,53-54,57-58,60-61H,13,20-25,28,51H2,1-12H3/b38-27-/t29-,30+,31-,33-,34-,39-,40+,41-,42-,43-,44-,45-,47+,48-,49-/m1/s1. The van der Waals surface area contributed by atoms with Crippen LogP contribution in [0.15, 0.2) is 54.5 Å². The van der Waals surface area contributed by atoms with Crippen LogP contribution in [-0.4, -0.2) is 148 Å². The summed E-state index contributed by atoms with van der Waals surface area (Å²) in [6.07, 6.45) is -0.883. The number of rotatable bonds is 15. The first-order valence-corrected chi connectivity index (χ1v) is 23.3. The van der Waals surface area contributed by atoms with E-state index in [-0.39, 0.29) is 18.4 Å². The Morgan fingerprint density at radius 1 is 1.09 bits per heavy atom. The van der Waals surface area contributed by atoms with Gasteiger partial charge in [-0.15, -0.1) is 0 Å². The van der Waals surface area contributed by atoms with E-state index in [9.17, 15) is 29.6 Å². The maximum atomic E-state index is 14.6. The minimum absolute atomic E-state index is 0.0901. The highest BCUT2D eigenvalue weighted by Gasteiger charge is 2.48. The summed E-state index contributed by atoms with van der Waals surface area (Å²) >= 11 is 0. The molecular weight excluding hydrogens is 836 g/mol. The third-order valence-corrected chi connectivity index (χ3v) is 13.8. The van der Waals surface area contributed by atoms with Crippen LogP contribution in [0.2, 0.25) is 0 Å². The van der Waals surface area contributed by atoms with Gasteiger partial charge in [0.15, 0.2) is 6.29 Å². The van der Waals surface area contributed by atoms with Gasteiger partial charge in [0, 0.05) is 68.1 Å². The Bertz CT molecular complexity index is 1790. The summed E-state index contributed by atoms with van der Waals surface area (Å²) < 4.78 is 39.2. The number of esters is 1. The van der Waals surface area contributed by atoms with E-state index in [1.165, 1.54) is 6.92 Å². The van der Waals surface area contributed by atoms with Crippen molar-refractivity contribution in [2.45, 2.75) is 167 Å². The maximum absolute atomic E-state index is 14.6. The fraction of sp³-hybridized carbons (Fsp3) is 0.714. The van der Waals surface area contributed by atoms with Crippen LogP contribution in [0.1, 0.15) is 105 Å². The summed E-state index contributed by atoms with van der Waals surface area (Å²) in [5.74, 6) is 4.30. The molecule has 0 amide bonds. The minimum atomic E-state index is -1.71. The fourth-order valence-electron chi connectivity index (χ4n) is 9.84. The molecule has 15 nitrogen and oxygen atoms in total. The number of aryl methyl sites for hydroxylation is 1. The van der Waals surface area contributed by atoms with Gasteiger partial charge in [-0.2, -0.15) is 0 Å². The summed E-state index contributed by atoms with van der Waals surface area (Å²) in [5, 5.41) is 50.3. The van der Waals surface area contributed by atoms with Crippen molar-refractivity contribution in [3.63, 3.8) is 0 Å². The molecule has 0 saturated carbocycles. The van der Waals surface area contributed by atoms with Crippen LogP contribution in [0.3, 0.4) is 0 Å². The average molecular weight is 917 g/mol. The number of hydrogen-bond donors (Lipinski definition) is 7. The van der Waals surface area contributed by atoms with Crippen molar-refractivity contribution < 1.29 is 48.6 Å². The van der Waals surface area contributed by atoms with Crippen molar-refractivity contribution in [1.29, 1.82) is 0 Å². The lowest BCUT2D eigenvalue weighted by molar-refractivity contribution is -0.296. The van der Waals surface area contributed by atoms with E-state index in [2.05, 4.69) is 15.7 Å². The third kappa shape index (κ3) is 14.1. The number of aliphatic hydroxyl groups is 4. The monoisotopic (exact) mass is 917 g/mol. The molecule has 0 aliphatic carbocycles. The molecule has 8 N–H and O–H groups in total. The number of nitrogens with two attached hydrogens (primary N) is 1. The van der Waals surface area contributed by atoms with E-state index >= 15 is 0 Å². The van der Waals surface area contributed by atoms with Crippen LogP contribution < -0.4 is 16.6 Å². The molecule has 2 fully saturated rings. The topological polar surface area (TPSA) is 204 Å². The second kappa shape index (κ2) is 24.1. The second-order valence-corrected chi connectivity index (χ2v) is 19.6. The molecule has 0 spiro atoms. The number of halogens is 1. The molecule has 65 heavy (non-hydrogen) atoms. The van der Waals surface area contributed by atoms with E-state index in [0.29, 0.717) is 44.5 Å². The molecule has 15 atom stereocenters. The van der Waals surface area contributed by atoms with Crippen LogP contribution in [-0.2, 0) is 23.7 Å². The third-order valence-electron chi connectivity index (χ3n) is 13.8. The zero-order valence-corrected chi connectivity index (χ0v) is 40.9. The molecule has 2 aliphatic heterocycles. The lowest BCUT2D eigenvalue weighted by Crippen LogP contribution is -2.59. The number of aliphatic hydroxyl groups excluding tert-OH is 2. The van der Waals surface area contributed by atoms with Gasteiger partial charge < -0.3 is 59.9 Å². The second-order valence-electron chi connectivity index (χ2n) is 19.6. The Labute approximate surface area is 387 Å². The van der Waals surface area contributed by atoms with Crippen molar-refractivity contribution in [2.24, 2.45) is 23.6 Å². The zero-order valence-electron chi connectivity index (χ0n) is 40.9. The number of hydrazine groups is 1. The van der Waals surface area contributed by atoms with Crippen LogP contribution in [0.4, 0.5) is 4.39 Å². The molecule has 2 aliphatic rings. The lowest BCUT2D eigenvalue weighted by atomic mass is 9.79. The number of aromatic nitrogens is 1. The fourth-order valence-corrected chi connectivity index (χ4v) is 9.84. The first kappa shape index (κ1) is 54.3. The van der Waals surface area contributed by atoms with Gasteiger partial charge in [-0.3, -0.25) is 15.6 Å². The Hall–Kier alpha value is -3.29. The van der Waals surface area contributed by atoms with E-state index in [1.54, 1.807) is 34.1 Å². The maximum Gasteiger partial charge on any atom is 0.309 e. The molecule has 2 aromatic rings. The van der Waals surface area contributed by atoms with Gasteiger partial charge in [-0.25, -0.2) is 4.39 Å². The average Bonchev–Trinajstić information content (AvgIpc) is 3.26. The number of benzene rings is 1. The van der Waals surface area contributed by atoms with Crippen molar-refractivity contribution in [3.05, 3.63) is 65.7 Å². The number of alkyl halides is 1. The Morgan fingerprint density at radius 2 is 1.75 bits per heavy atom. The zero-order chi connectivity index (χ0) is 48.4. The molecule has 1 aromatic heterocycles. The van der Waals surface area contributed by atoms with Gasteiger partial charge in [0.25, 0.3) is 0 Å². The predicted molar refractivity (Wildman–Crippen MR) is 250 cm³/mol. The Morgan fingerprint density at radius 3 is 2.34 bits per heavy atom. The van der Waals surface area contributed by atoms with Gasteiger partial charge in [0.05, 0.1) is 29.8 Å². The SMILES string of the molecule is CC[C@H]1OC(=O)[C@H](C)C[C@H](C)[C@@H](O[C@@H]2O[C@H](C)C[C@H](N(C)CC/C(=C/N[C@H](CF)[C@H](OC)c3ccc(-c4ccc(C)nc4)cc3)NN)[C@H]2O)[C@](C)(O)C[C@@H](C)CN(C)[C@H](C)[C@@H](O)[C@]1(C)O. The Kier molecular flexibility index (Phi) is 20.2. The number of nitrogens with zero attached hydrogens (tertiary/aromatic N) is 3. The molecule has 2 saturated heterocycles. The molecule has 16 heteroatoms. The first-order valence-electron chi connectivity index (χ1n) is 23.3. The minimum Gasteiger partial charge on any atom is -0.459 e. The van der Waals surface area contributed by atoms with Crippen molar-refractivity contribution in [1.82, 2.24) is 25.5 Å². The normalized spacial score (nSPS) is 34.8. The summed E-state index contributed by atoms with van der Waals surface area (Å²) in [6.45, 7) is 16.6. The number of cyclic esters (lactones) is 1. The van der Waals surface area contributed by atoms with Gasteiger partial charge in [-0.05, 0) is 103 Å². The van der Waals surface area contributed by atoms with Crippen LogP contribution in [0.25, 0.3) is 11.1 Å². The molecule has 0 radical (unpaired) electrons. The number of carbonyl (C=O) groups excluding carboxylic acids is 1. The van der Waals surface area contributed by atoms with E-state index < -0.39 is 90.6 Å². The van der Waals surface area contributed by atoms with Crippen LogP contribution in [0.5, 0.6) is 0 Å². The summed E-state index contributed by atoms with van der Waals surface area (Å²) in [4.78, 5) is 21.9. The quantitative estimate of drug-likeness (QED) is 0.0732. The van der Waals surface area contributed by atoms with Crippen LogP contribution in [0, 0.1) is 24.7 Å². The van der Waals surface area contributed by atoms with Gasteiger partial charge in [0.1, 0.15) is 36.7 Å². The molecule has 0 bridgehead atoms. The number of likely N-dealkylation sites (N-methyl/N-ethyl adjacent to an activating group) is 2. The highest BCUT2D eigenvalue weighted by molar-refractivity contribution is 5.72. The molecular formula is C49H81FN6O9. The summed E-state index contributed by atoms with van der Waals surface area (Å²) in [6, 6.07) is 10.1. The molecule has 1 aromatic carbocycles. The van der Waals surface area contributed by atoms with Gasteiger partial charge >= 0.3 is 5.97 Å². The summed E-state index contributed by atoms with van der Waals surface area (Å²) in [7, 11) is 5.31. The molecule has 3 heterocycles. The number of methoxy groups -OCH3 is 1. The smallest absolute Gasteiger partial charge is 0.309 e. The van der Waals surface area contributed by atoms with E-state index in [4.69, 9.17) is 24.8 Å².